The van der Waals surface area contributed by atoms with Gasteiger partial charge >= 0.3 is 0 Å². The minimum Gasteiger partial charge on any atom is -0.208 e. The minimum atomic E-state index is -0.482. The molecule has 0 aliphatic rings. The monoisotopic (exact) mass is 922 g/mol. The van der Waals surface area contributed by atoms with Crippen molar-refractivity contribution in [2.24, 2.45) is 0 Å². The maximum absolute atomic E-state index is 9.00. The van der Waals surface area contributed by atoms with Gasteiger partial charge in [0.15, 0.2) is 17.5 Å². The molecule has 0 radical (unpaired) electrons. The summed E-state index contributed by atoms with van der Waals surface area (Å²) in [5.74, 6) is 1.56. The molecule has 0 atom stereocenters. The van der Waals surface area contributed by atoms with Crippen LogP contribution in [0.25, 0.3) is 133 Å². The van der Waals surface area contributed by atoms with Gasteiger partial charge < -0.3 is 0 Å². The van der Waals surface area contributed by atoms with E-state index in [4.69, 9.17) is 24.5 Å². The Labute approximate surface area is 428 Å². The normalized spacial score (nSPS) is 12.7. The first kappa shape index (κ1) is 35.5. The van der Waals surface area contributed by atoms with Gasteiger partial charge in [-0.15, -0.1) is 0 Å². The Balaban J connectivity index is 0.975. The fourth-order valence-electron chi connectivity index (χ4n) is 9.77. The van der Waals surface area contributed by atoms with Crippen LogP contribution >= 0.6 is 0 Å². The molecule has 3 nitrogen and oxygen atoms in total. The van der Waals surface area contributed by atoms with Crippen molar-refractivity contribution in [1.82, 2.24) is 15.0 Å². The van der Waals surface area contributed by atoms with Crippen molar-refractivity contribution < 1.29 is 9.60 Å². The highest BCUT2D eigenvalue weighted by atomic mass is 15.0. The summed E-state index contributed by atoms with van der Waals surface area (Å²) in [6.45, 7) is 0. The van der Waals surface area contributed by atoms with Crippen LogP contribution < -0.4 is 0 Å². The van der Waals surface area contributed by atoms with Crippen molar-refractivity contribution >= 4 is 32.3 Å². The van der Waals surface area contributed by atoms with E-state index in [0.717, 1.165) is 93.9 Å². The summed E-state index contributed by atoms with van der Waals surface area (Å²) in [6, 6.07) is 76.1. The molecule has 336 valence electrons. The highest BCUT2D eigenvalue weighted by molar-refractivity contribution is 6.00. The number of nitrogens with zero attached hydrogens (tertiary/aromatic N) is 3. The molecule has 1 aromatic heterocycles. The molecule has 0 saturated carbocycles. The summed E-state index contributed by atoms with van der Waals surface area (Å²) in [7, 11) is 0. The van der Waals surface area contributed by atoms with Crippen LogP contribution in [0, 0.1) is 0 Å². The van der Waals surface area contributed by atoms with Crippen LogP contribution in [-0.2, 0) is 0 Å². The minimum absolute atomic E-state index is 0.0560. The summed E-state index contributed by atoms with van der Waals surface area (Å²) in [5.41, 5.74) is 13.6. The Morgan fingerprint density at radius 1 is 0.222 bits per heavy atom. The molecule has 0 amide bonds. The third-order valence-corrected chi connectivity index (χ3v) is 13.4. The SMILES string of the molecule is [2H]c1c([2H])c([2H])c2c(-c3ccc4cc(-c5cc(-c6nc(-c7ccc8ccc(-c9ccccc9)cc8c7)nc(-c7ccccc7-c7cccc(-c8ccccc8)c7)n6)ccc5-c5ccccc5)ccc4c3)c([2H])c([2H])c([2H])c2c1[2H]. The van der Waals surface area contributed by atoms with Crippen LogP contribution in [0.3, 0.4) is 0 Å². The maximum Gasteiger partial charge on any atom is 0.164 e. The Bertz CT molecular complexity index is 4560. The molecule has 12 aromatic carbocycles. The smallest absolute Gasteiger partial charge is 0.164 e. The molecule has 0 aliphatic heterocycles. The molecule has 13 rings (SSSR count). The second-order valence-electron chi connectivity index (χ2n) is 17.8. The molecule has 0 N–H and O–H groups in total. The summed E-state index contributed by atoms with van der Waals surface area (Å²) in [4.78, 5) is 16.0. The molecule has 0 aliphatic carbocycles. The van der Waals surface area contributed by atoms with Gasteiger partial charge in [0.2, 0.25) is 0 Å². The van der Waals surface area contributed by atoms with E-state index in [9.17, 15) is 0 Å². The first-order chi connectivity index (χ1) is 38.6. The molecule has 0 bridgehead atoms. The van der Waals surface area contributed by atoms with E-state index in [-0.39, 0.29) is 28.4 Å². The van der Waals surface area contributed by atoms with E-state index < -0.39 is 30.2 Å². The van der Waals surface area contributed by atoms with E-state index >= 15 is 0 Å². The molecular formula is C69H45N3. The molecule has 0 saturated heterocycles. The molecule has 0 fully saturated rings. The molecule has 0 spiro atoms. The highest BCUT2D eigenvalue weighted by Crippen LogP contribution is 2.40. The van der Waals surface area contributed by atoms with Crippen LogP contribution in [-0.4, -0.2) is 15.0 Å². The standard InChI is InChI=1S/C69H45N3/c1-4-16-46(17-5-1)51-24-14-25-55(40-51)63-27-12-13-28-65(63)69-71-67(58-37-31-48-30-32-52(43-60(48)44-58)47-18-6-2-7-19-47)70-68(72-69)59-38-39-64(49-20-8-3-9-21-49)66(45-59)57-36-34-53-41-56(35-33-54(53)42-57)62-29-15-23-50-22-10-11-26-61(50)62/h1-45H/i10D,11D,15D,22D,23D,26D,29D. The van der Waals surface area contributed by atoms with Gasteiger partial charge in [0, 0.05) is 16.7 Å². The summed E-state index contributed by atoms with van der Waals surface area (Å²) in [5, 5.41) is 3.85. The molecule has 1 heterocycles. The number of hydrogen-bond donors (Lipinski definition) is 0. The predicted octanol–water partition coefficient (Wildman–Crippen LogP) is 18.3. The van der Waals surface area contributed by atoms with E-state index in [1.807, 2.05) is 66.7 Å². The van der Waals surface area contributed by atoms with Crippen LogP contribution in [0.15, 0.2) is 273 Å². The zero-order chi connectivity index (χ0) is 53.9. The summed E-state index contributed by atoms with van der Waals surface area (Å²) < 4.78 is 60.6. The van der Waals surface area contributed by atoms with Gasteiger partial charge in [-0.25, -0.2) is 15.0 Å². The van der Waals surface area contributed by atoms with Gasteiger partial charge in [-0.1, -0.05) is 236 Å². The zero-order valence-corrected chi connectivity index (χ0v) is 38.8. The lowest BCUT2D eigenvalue weighted by Gasteiger charge is -2.16. The zero-order valence-electron chi connectivity index (χ0n) is 45.8. The van der Waals surface area contributed by atoms with E-state index in [2.05, 4.69) is 164 Å². The predicted molar refractivity (Wildman–Crippen MR) is 301 cm³/mol. The molecule has 72 heavy (non-hydrogen) atoms. The van der Waals surface area contributed by atoms with Crippen molar-refractivity contribution in [2.75, 3.05) is 0 Å². The fourth-order valence-corrected chi connectivity index (χ4v) is 9.77. The lowest BCUT2D eigenvalue weighted by molar-refractivity contribution is 1.07. The Kier molecular flexibility index (Phi) is 9.08. The van der Waals surface area contributed by atoms with Crippen molar-refractivity contribution in [1.29, 1.82) is 0 Å². The Morgan fingerprint density at radius 3 is 1.40 bits per heavy atom. The van der Waals surface area contributed by atoms with Crippen molar-refractivity contribution in [3.63, 3.8) is 0 Å². The average Bonchev–Trinajstić information content (AvgIpc) is 3.67. The Hall–Kier alpha value is -9.57. The van der Waals surface area contributed by atoms with Gasteiger partial charge in [0.05, 0.1) is 9.60 Å². The van der Waals surface area contributed by atoms with Crippen LogP contribution in [0.5, 0.6) is 0 Å². The largest absolute Gasteiger partial charge is 0.208 e. The van der Waals surface area contributed by atoms with Crippen LogP contribution in [0.2, 0.25) is 0 Å². The van der Waals surface area contributed by atoms with E-state index in [1.165, 1.54) is 0 Å². The lowest BCUT2D eigenvalue weighted by Crippen LogP contribution is -2.01. The topological polar surface area (TPSA) is 38.7 Å². The molecule has 13 aromatic rings. The fraction of sp³-hybridized carbons (Fsp3) is 0. The number of aromatic nitrogens is 3. The summed E-state index contributed by atoms with van der Waals surface area (Å²) >= 11 is 0. The van der Waals surface area contributed by atoms with Gasteiger partial charge in [-0.3, -0.25) is 0 Å². The van der Waals surface area contributed by atoms with Crippen LogP contribution in [0.4, 0.5) is 0 Å². The number of fused-ring (bicyclic) bond motifs is 3. The van der Waals surface area contributed by atoms with Crippen molar-refractivity contribution in [3.8, 4) is 101 Å². The van der Waals surface area contributed by atoms with Crippen LogP contribution in [0.1, 0.15) is 9.60 Å². The first-order valence-electron chi connectivity index (χ1n) is 27.4. The van der Waals surface area contributed by atoms with Gasteiger partial charge in [0.1, 0.15) is 0 Å². The van der Waals surface area contributed by atoms with E-state index in [1.54, 1.807) is 0 Å². The molecule has 3 heteroatoms. The number of hydrogen-bond acceptors (Lipinski definition) is 3. The average molecular weight is 923 g/mol. The maximum atomic E-state index is 9.00. The molecular weight excluding hydrogens is 871 g/mol. The second-order valence-corrected chi connectivity index (χ2v) is 17.8. The first-order valence-corrected chi connectivity index (χ1v) is 23.9. The van der Waals surface area contributed by atoms with E-state index in [0.29, 0.717) is 23.0 Å². The quantitative estimate of drug-likeness (QED) is 0.145. The highest BCUT2D eigenvalue weighted by Gasteiger charge is 2.19. The Morgan fingerprint density at radius 2 is 0.681 bits per heavy atom. The van der Waals surface area contributed by atoms with Gasteiger partial charge in [0.25, 0.3) is 0 Å². The second kappa shape index (κ2) is 18.4. The third kappa shape index (κ3) is 8.19. The number of benzene rings is 12. The van der Waals surface area contributed by atoms with Crippen molar-refractivity contribution in [2.45, 2.75) is 0 Å². The van der Waals surface area contributed by atoms with Gasteiger partial charge in [-0.05, 0) is 135 Å². The van der Waals surface area contributed by atoms with Gasteiger partial charge in [-0.2, -0.15) is 0 Å². The third-order valence-electron chi connectivity index (χ3n) is 13.4. The molecule has 0 unspecified atom stereocenters. The summed E-state index contributed by atoms with van der Waals surface area (Å²) in [6.07, 6.45) is 0. The number of rotatable bonds is 9. The lowest BCUT2D eigenvalue weighted by atomic mass is 9.90. The van der Waals surface area contributed by atoms with Crippen molar-refractivity contribution in [3.05, 3.63) is 273 Å².